The summed E-state index contributed by atoms with van der Waals surface area (Å²) in [5.74, 6) is 0.591. The molecule has 1 N–H and O–H groups in total. The number of nitrogens with zero attached hydrogens (tertiary/aromatic N) is 1. The Bertz CT molecular complexity index is 364. The number of benzene rings is 1. The quantitative estimate of drug-likeness (QED) is 0.835. The zero-order valence-corrected chi connectivity index (χ0v) is 9.60. The van der Waals surface area contributed by atoms with E-state index in [1.807, 2.05) is 0 Å². The molecule has 2 nitrogen and oxygen atoms in total. The molecule has 0 aromatic heterocycles. The van der Waals surface area contributed by atoms with Crippen molar-refractivity contribution < 1.29 is 5.11 Å². The van der Waals surface area contributed by atoms with Crippen molar-refractivity contribution in [3.8, 4) is 0 Å². The first-order chi connectivity index (χ1) is 7.82. The molecule has 1 heterocycles. The van der Waals surface area contributed by atoms with Gasteiger partial charge in [-0.05, 0) is 36.3 Å². The number of hydrogen-bond donors (Lipinski definition) is 1. The van der Waals surface area contributed by atoms with E-state index in [2.05, 4.69) is 35.2 Å². The normalized spacial score (nSPS) is 33.4. The summed E-state index contributed by atoms with van der Waals surface area (Å²) in [4.78, 5) is 2.53. The molecule has 0 radical (unpaired) electrons. The Balaban J connectivity index is 1.59. The van der Waals surface area contributed by atoms with Crippen LogP contribution in [0.3, 0.4) is 0 Å². The first-order valence-corrected chi connectivity index (χ1v) is 6.19. The van der Waals surface area contributed by atoms with Crippen LogP contribution in [0.4, 0.5) is 0 Å². The van der Waals surface area contributed by atoms with E-state index >= 15 is 0 Å². The van der Waals surface area contributed by atoms with Gasteiger partial charge in [-0.25, -0.2) is 0 Å². The molecule has 1 spiro atoms. The van der Waals surface area contributed by atoms with Crippen LogP contribution in [-0.2, 0) is 6.54 Å². The molecule has 2 atom stereocenters. The Labute approximate surface area is 96.9 Å². The van der Waals surface area contributed by atoms with Gasteiger partial charge in [-0.1, -0.05) is 30.3 Å². The molecule has 86 valence electrons. The van der Waals surface area contributed by atoms with E-state index in [9.17, 15) is 5.11 Å². The Morgan fingerprint density at radius 3 is 2.81 bits per heavy atom. The van der Waals surface area contributed by atoms with Gasteiger partial charge >= 0.3 is 0 Å². The number of aliphatic hydroxyl groups is 1. The van der Waals surface area contributed by atoms with Crippen molar-refractivity contribution in [1.82, 2.24) is 4.90 Å². The fourth-order valence-electron chi connectivity index (χ4n) is 3.15. The molecule has 0 bridgehead atoms. The van der Waals surface area contributed by atoms with Gasteiger partial charge in [0.1, 0.15) is 0 Å². The lowest BCUT2D eigenvalue weighted by Crippen LogP contribution is -2.21. The number of rotatable bonds is 3. The second-order valence-corrected chi connectivity index (χ2v) is 5.39. The third kappa shape index (κ3) is 1.76. The highest BCUT2D eigenvalue weighted by Gasteiger charge is 2.56. The highest BCUT2D eigenvalue weighted by molar-refractivity contribution is 5.16. The maximum Gasteiger partial charge on any atom is 0.0465 e. The van der Waals surface area contributed by atoms with E-state index in [-0.39, 0.29) is 0 Å². The fraction of sp³-hybridized carbons (Fsp3) is 0.571. The average Bonchev–Trinajstić information content (AvgIpc) is 2.85. The zero-order valence-electron chi connectivity index (χ0n) is 9.60. The van der Waals surface area contributed by atoms with E-state index in [0.717, 1.165) is 6.54 Å². The van der Waals surface area contributed by atoms with Crippen LogP contribution in [0.15, 0.2) is 30.3 Å². The summed E-state index contributed by atoms with van der Waals surface area (Å²) < 4.78 is 0. The topological polar surface area (TPSA) is 23.5 Å². The smallest absolute Gasteiger partial charge is 0.0465 e. The van der Waals surface area contributed by atoms with Crippen LogP contribution < -0.4 is 0 Å². The highest BCUT2D eigenvalue weighted by atomic mass is 16.3. The number of hydrogen-bond acceptors (Lipinski definition) is 2. The lowest BCUT2D eigenvalue weighted by Gasteiger charge is -2.16. The van der Waals surface area contributed by atoms with Crippen LogP contribution in [0.1, 0.15) is 18.4 Å². The monoisotopic (exact) mass is 217 g/mol. The molecule has 1 aromatic carbocycles. The lowest BCUT2D eigenvalue weighted by molar-refractivity contribution is 0.242. The van der Waals surface area contributed by atoms with Crippen LogP contribution in [0.5, 0.6) is 0 Å². The molecule has 2 aliphatic rings. The van der Waals surface area contributed by atoms with Crippen molar-refractivity contribution in [2.45, 2.75) is 19.4 Å². The van der Waals surface area contributed by atoms with Crippen molar-refractivity contribution in [2.75, 3.05) is 19.7 Å². The second kappa shape index (κ2) is 3.86. The summed E-state index contributed by atoms with van der Waals surface area (Å²) in [5.41, 5.74) is 1.89. The molecular weight excluding hydrogens is 198 g/mol. The average molecular weight is 217 g/mol. The molecular formula is C14H19NO. The van der Waals surface area contributed by atoms with E-state index in [1.165, 1.54) is 31.5 Å². The van der Waals surface area contributed by atoms with E-state index in [0.29, 0.717) is 17.9 Å². The van der Waals surface area contributed by atoms with Gasteiger partial charge in [0.15, 0.2) is 0 Å². The van der Waals surface area contributed by atoms with Gasteiger partial charge < -0.3 is 5.11 Å². The number of likely N-dealkylation sites (tertiary alicyclic amines) is 1. The Kier molecular flexibility index (Phi) is 2.49. The van der Waals surface area contributed by atoms with E-state index < -0.39 is 0 Å². The predicted octanol–water partition coefficient (Wildman–Crippen LogP) is 1.89. The molecule has 1 aliphatic heterocycles. The van der Waals surface area contributed by atoms with Gasteiger partial charge in [0.25, 0.3) is 0 Å². The van der Waals surface area contributed by atoms with Gasteiger partial charge in [-0.3, -0.25) is 4.90 Å². The summed E-state index contributed by atoms with van der Waals surface area (Å²) in [6.07, 6.45) is 2.53. The predicted molar refractivity (Wildman–Crippen MR) is 64.0 cm³/mol. The molecule has 2 unspecified atom stereocenters. The minimum atomic E-state index is 0.388. The van der Waals surface area contributed by atoms with Gasteiger partial charge in [0, 0.05) is 19.7 Å². The molecule has 2 fully saturated rings. The van der Waals surface area contributed by atoms with Gasteiger partial charge in [-0.15, -0.1) is 0 Å². The Morgan fingerprint density at radius 1 is 1.31 bits per heavy atom. The van der Waals surface area contributed by atoms with Crippen LogP contribution in [0, 0.1) is 11.3 Å². The molecule has 1 saturated carbocycles. The van der Waals surface area contributed by atoms with Gasteiger partial charge in [-0.2, -0.15) is 0 Å². The molecule has 1 aromatic rings. The first kappa shape index (κ1) is 10.3. The van der Waals surface area contributed by atoms with Crippen LogP contribution in [0.2, 0.25) is 0 Å². The fourth-order valence-corrected chi connectivity index (χ4v) is 3.15. The standard InChI is InChI=1S/C14H19NO/c16-10-13-8-14(13)6-7-15(11-14)9-12-4-2-1-3-5-12/h1-5,13,16H,6-11H2. The van der Waals surface area contributed by atoms with Crippen LogP contribution >= 0.6 is 0 Å². The molecule has 3 rings (SSSR count). The Morgan fingerprint density at radius 2 is 2.12 bits per heavy atom. The molecule has 2 heteroatoms. The largest absolute Gasteiger partial charge is 0.396 e. The SMILES string of the molecule is OCC1CC12CCN(Cc1ccccc1)C2. The van der Waals surface area contributed by atoms with Gasteiger partial charge in [0.05, 0.1) is 0 Å². The van der Waals surface area contributed by atoms with E-state index in [1.54, 1.807) is 0 Å². The van der Waals surface area contributed by atoms with Crippen LogP contribution in [-0.4, -0.2) is 29.7 Å². The summed E-state index contributed by atoms with van der Waals surface area (Å²) in [6, 6.07) is 10.7. The lowest BCUT2D eigenvalue weighted by atomic mass is 10.0. The van der Waals surface area contributed by atoms with Crippen LogP contribution in [0.25, 0.3) is 0 Å². The molecule has 1 aliphatic carbocycles. The molecule has 0 amide bonds. The third-order valence-electron chi connectivity index (χ3n) is 4.29. The minimum absolute atomic E-state index is 0.388. The van der Waals surface area contributed by atoms with Crippen molar-refractivity contribution in [3.63, 3.8) is 0 Å². The Hall–Kier alpha value is -0.860. The third-order valence-corrected chi connectivity index (χ3v) is 4.29. The van der Waals surface area contributed by atoms with Crippen molar-refractivity contribution in [3.05, 3.63) is 35.9 Å². The van der Waals surface area contributed by atoms with Crippen molar-refractivity contribution in [2.24, 2.45) is 11.3 Å². The first-order valence-electron chi connectivity index (χ1n) is 6.19. The summed E-state index contributed by atoms with van der Waals surface area (Å²) in [5, 5.41) is 9.19. The zero-order chi connectivity index (χ0) is 11.0. The van der Waals surface area contributed by atoms with Crippen molar-refractivity contribution in [1.29, 1.82) is 0 Å². The highest BCUT2D eigenvalue weighted by Crippen LogP contribution is 2.58. The minimum Gasteiger partial charge on any atom is -0.396 e. The maximum absolute atomic E-state index is 9.19. The molecule has 16 heavy (non-hydrogen) atoms. The summed E-state index contributed by atoms with van der Waals surface area (Å²) in [6.45, 7) is 3.85. The second-order valence-electron chi connectivity index (χ2n) is 5.39. The number of aliphatic hydroxyl groups excluding tert-OH is 1. The molecule has 1 saturated heterocycles. The summed E-state index contributed by atoms with van der Waals surface area (Å²) in [7, 11) is 0. The van der Waals surface area contributed by atoms with E-state index in [4.69, 9.17) is 0 Å². The maximum atomic E-state index is 9.19. The summed E-state index contributed by atoms with van der Waals surface area (Å²) >= 11 is 0. The van der Waals surface area contributed by atoms with Gasteiger partial charge in [0.2, 0.25) is 0 Å². The van der Waals surface area contributed by atoms with Crippen molar-refractivity contribution >= 4 is 0 Å².